The van der Waals surface area contributed by atoms with E-state index < -0.39 is 0 Å². The van der Waals surface area contributed by atoms with Gasteiger partial charge in [0.25, 0.3) is 0 Å². The van der Waals surface area contributed by atoms with Crippen molar-refractivity contribution in [2.24, 2.45) is 0 Å². The van der Waals surface area contributed by atoms with E-state index in [0.29, 0.717) is 22.6 Å². The van der Waals surface area contributed by atoms with Gasteiger partial charge in [0.05, 0.1) is 11.1 Å². The molecule has 0 saturated heterocycles. The van der Waals surface area contributed by atoms with Gasteiger partial charge in [-0.2, -0.15) is 0 Å². The summed E-state index contributed by atoms with van der Waals surface area (Å²) in [6.07, 6.45) is 1.89. The minimum atomic E-state index is -0.285. The number of oxazole rings is 1. The number of hydrogen-bond donors (Lipinski definition) is 1. The normalized spacial score (nSPS) is 12.6. The molecule has 0 saturated carbocycles. The number of aromatic hydroxyl groups is 1. The van der Waals surface area contributed by atoms with E-state index in [2.05, 4.69) is 190 Å². The molecule has 2 aromatic heterocycles. The zero-order chi connectivity index (χ0) is 41.7. The van der Waals surface area contributed by atoms with Gasteiger partial charge in [-0.1, -0.05) is 183 Å². The molecule has 0 aliphatic rings. The van der Waals surface area contributed by atoms with Crippen molar-refractivity contribution in [3.8, 4) is 50.7 Å². The summed E-state index contributed by atoms with van der Waals surface area (Å²) >= 11 is 0. The van der Waals surface area contributed by atoms with E-state index in [9.17, 15) is 5.11 Å². The minimum Gasteiger partial charge on any atom is -0.507 e. The number of phenolic OH excluding ortho intramolecular Hbond substituents is 1. The largest absolute Gasteiger partial charge is 0.507 e. The first-order chi connectivity index (χ1) is 28.1. The molecule has 5 heteroatoms. The molecule has 0 spiro atoms. The summed E-state index contributed by atoms with van der Waals surface area (Å²) in [6, 6.07) is 52.8. The maximum atomic E-state index is 11.7. The average molecular weight is 969 g/mol. The van der Waals surface area contributed by atoms with Gasteiger partial charge in [-0.3, -0.25) is 4.98 Å². The third-order valence-electron chi connectivity index (χ3n) is 11.9. The van der Waals surface area contributed by atoms with Gasteiger partial charge in [0.1, 0.15) is 11.3 Å². The predicted molar refractivity (Wildman–Crippen MR) is 244 cm³/mol. The van der Waals surface area contributed by atoms with Gasteiger partial charge in [-0.05, 0) is 68.3 Å². The molecule has 2 heterocycles. The summed E-state index contributed by atoms with van der Waals surface area (Å²) in [7, 11) is 0. The van der Waals surface area contributed by atoms with Gasteiger partial charge in [0.2, 0.25) is 5.89 Å². The molecule has 8 rings (SSSR count). The van der Waals surface area contributed by atoms with Crippen LogP contribution in [0.5, 0.6) is 5.75 Å². The van der Waals surface area contributed by atoms with E-state index in [0.717, 1.165) is 50.2 Å². The number of aromatic nitrogens is 2. The Morgan fingerprint density at radius 1 is 0.583 bits per heavy atom. The van der Waals surface area contributed by atoms with Gasteiger partial charge in [-0.15, -0.1) is 29.3 Å². The average Bonchev–Trinajstić information content (AvgIpc) is 3.68. The first-order valence-electron chi connectivity index (χ1n) is 20.6. The number of nitrogens with zero attached hydrogens (tertiary/aromatic N) is 2. The van der Waals surface area contributed by atoms with Crippen molar-refractivity contribution < 1.29 is 30.6 Å². The van der Waals surface area contributed by atoms with Crippen molar-refractivity contribution in [2.75, 3.05) is 0 Å². The molecule has 4 nitrogen and oxygen atoms in total. The molecule has 0 aliphatic carbocycles. The fourth-order valence-corrected chi connectivity index (χ4v) is 8.00. The predicted octanol–water partition coefficient (Wildman–Crippen LogP) is 14.5. The molecule has 0 bridgehead atoms. The Bertz CT molecular complexity index is 2770. The van der Waals surface area contributed by atoms with E-state index >= 15 is 0 Å². The zero-order valence-corrected chi connectivity index (χ0v) is 38.3. The Kier molecular flexibility index (Phi) is 11.7. The topological polar surface area (TPSA) is 59.2 Å². The first kappa shape index (κ1) is 42.5. The van der Waals surface area contributed by atoms with E-state index in [1.165, 1.54) is 16.7 Å². The van der Waals surface area contributed by atoms with E-state index in [4.69, 9.17) is 14.4 Å². The Balaban J connectivity index is 0.00000544. The number of benzene rings is 6. The Hall–Kier alpha value is -5.57. The van der Waals surface area contributed by atoms with Crippen molar-refractivity contribution in [2.45, 2.75) is 84.5 Å². The molecule has 1 N–H and O–H groups in total. The van der Waals surface area contributed by atoms with E-state index in [1.807, 2.05) is 24.4 Å². The van der Waals surface area contributed by atoms with Crippen molar-refractivity contribution >= 4 is 11.1 Å². The van der Waals surface area contributed by atoms with Crippen LogP contribution >= 0.6 is 0 Å². The van der Waals surface area contributed by atoms with Crippen LogP contribution in [0.25, 0.3) is 56.1 Å². The van der Waals surface area contributed by atoms with Gasteiger partial charge in [0.15, 0.2) is 0 Å². The summed E-state index contributed by atoms with van der Waals surface area (Å²) in [5, 5.41) is 11.7. The molecule has 0 amide bonds. The zero-order valence-electron chi connectivity index (χ0n) is 36.0. The fraction of sp³-hybridized carbons (Fsp3) is 0.236. The van der Waals surface area contributed by atoms with Gasteiger partial charge in [-0.25, -0.2) is 4.98 Å². The second-order valence-electron chi connectivity index (χ2n) is 18.5. The van der Waals surface area contributed by atoms with Crippen LogP contribution in [-0.2, 0) is 37.3 Å². The minimum absolute atomic E-state index is 0. The number of fused-ring (bicyclic) bond motifs is 1. The quantitative estimate of drug-likeness (QED) is 0.154. The molecular weight excluding hydrogens is 916 g/mol. The Morgan fingerprint density at radius 3 is 1.90 bits per heavy atom. The van der Waals surface area contributed by atoms with Crippen LogP contribution in [0.1, 0.15) is 102 Å². The number of hydrogen-bond acceptors (Lipinski definition) is 4. The van der Waals surface area contributed by atoms with Crippen LogP contribution in [0, 0.1) is 6.07 Å². The molecule has 0 radical (unpaired) electrons. The molecule has 306 valence electrons. The first-order valence-corrected chi connectivity index (χ1v) is 20.6. The van der Waals surface area contributed by atoms with Crippen LogP contribution < -0.4 is 0 Å². The summed E-state index contributed by atoms with van der Waals surface area (Å²) in [5.74, 6) is 0.696. The van der Waals surface area contributed by atoms with Crippen molar-refractivity contribution in [3.05, 3.63) is 185 Å². The summed E-state index contributed by atoms with van der Waals surface area (Å²) in [5.41, 5.74) is 14.0. The third kappa shape index (κ3) is 8.41. The monoisotopic (exact) mass is 968 g/mol. The molecule has 0 aliphatic heterocycles. The van der Waals surface area contributed by atoms with Crippen LogP contribution in [0.3, 0.4) is 0 Å². The molecule has 1 unspecified atom stereocenters. The van der Waals surface area contributed by atoms with Crippen LogP contribution in [0.15, 0.2) is 150 Å². The summed E-state index contributed by atoms with van der Waals surface area (Å²) < 4.78 is 6.52. The maximum Gasteiger partial charge on any atom is 0.230 e. The second-order valence-corrected chi connectivity index (χ2v) is 18.5. The number of pyridine rings is 1. The fourth-order valence-electron chi connectivity index (χ4n) is 8.00. The molecule has 8 aromatic rings. The second kappa shape index (κ2) is 16.5. The van der Waals surface area contributed by atoms with Crippen molar-refractivity contribution in [1.29, 1.82) is 0 Å². The summed E-state index contributed by atoms with van der Waals surface area (Å²) in [4.78, 5) is 10.1. The van der Waals surface area contributed by atoms with E-state index in [-0.39, 0.29) is 49.0 Å². The third-order valence-corrected chi connectivity index (χ3v) is 11.9. The van der Waals surface area contributed by atoms with Crippen LogP contribution in [0.4, 0.5) is 0 Å². The Morgan fingerprint density at radius 2 is 1.23 bits per heavy atom. The van der Waals surface area contributed by atoms with Gasteiger partial charge >= 0.3 is 0 Å². The number of rotatable bonds is 8. The molecule has 0 fully saturated rings. The van der Waals surface area contributed by atoms with E-state index in [1.54, 1.807) is 0 Å². The molecular formula is C55H53N2O2Pt-. The van der Waals surface area contributed by atoms with Gasteiger partial charge in [0, 0.05) is 43.9 Å². The van der Waals surface area contributed by atoms with Crippen molar-refractivity contribution in [1.82, 2.24) is 9.97 Å². The molecule has 1 atom stereocenters. The maximum absolute atomic E-state index is 11.7. The SMILES string of the molecule is CC(c1ccccc1)c1cc(-c2cc(-c3ccc(C(C)(C)c4ccccc4)cc3)ccn2)[c-]c(-c2cccc3oc(-c4cc(C(C)(C)C)cc(C(C)(C)C)c4O)nc23)c1.[Pt]. The molecule has 60 heavy (non-hydrogen) atoms. The molecule has 6 aromatic carbocycles. The standard InChI is InChI=1S/C55H53N2O2.Pt/c1-35(36-17-12-10-13-18-36)39-29-40(45-21-16-22-49-50(45)57-52(59-49)46-33-44(53(2,3)4)34-47(51(46)58)54(5,6)7)31-41(30-39)48-32-38(27-28-56-48)37-23-25-43(26-24-37)55(8,9)42-19-14-11-15-20-42;/h10-30,32-35,58H,1-9H3;/q-1;. The van der Waals surface area contributed by atoms with Crippen LogP contribution in [0.2, 0.25) is 0 Å². The Labute approximate surface area is 370 Å². The smallest absolute Gasteiger partial charge is 0.230 e. The number of para-hydroxylation sites is 1. The van der Waals surface area contributed by atoms with Crippen molar-refractivity contribution in [3.63, 3.8) is 0 Å². The number of phenols is 1. The van der Waals surface area contributed by atoms with Gasteiger partial charge < -0.3 is 9.52 Å². The summed E-state index contributed by atoms with van der Waals surface area (Å²) in [6.45, 7) is 19.7. The van der Waals surface area contributed by atoms with Crippen LogP contribution in [-0.4, -0.2) is 15.1 Å².